The van der Waals surface area contributed by atoms with Gasteiger partial charge in [-0.05, 0) is 25.0 Å². The molecule has 3 N–H and O–H groups in total. The number of aliphatic hydroxyl groups is 1. The first kappa shape index (κ1) is 16.9. The Bertz CT molecular complexity index is 525. The van der Waals surface area contributed by atoms with Crippen molar-refractivity contribution in [2.45, 2.75) is 44.1 Å². The number of para-hydroxylation sites is 1. The fraction of sp³-hybridized carbons (Fsp3) is 0.571. The molecule has 0 radical (unpaired) electrons. The van der Waals surface area contributed by atoms with Crippen LogP contribution in [-0.2, 0) is 10.0 Å². The molecule has 0 aliphatic carbocycles. The van der Waals surface area contributed by atoms with E-state index in [0.717, 1.165) is 0 Å². The summed E-state index contributed by atoms with van der Waals surface area (Å²) >= 11 is 0. The van der Waals surface area contributed by atoms with Crippen molar-refractivity contribution in [2.24, 2.45) is 0 Å². The first-order valence-electron chi connectivity index (χ1n) is 6.93. The molecule has 1 aromatic rings. The van der Waals surface area contributed by atoms with Crippen LogP contribution in [0.3, 0.4) is 0 Å². The van der Waals surface area contributed by atoms with Crippen molar-refractivity contribution in [3.05, 3.63) is 24.3 Å². The Balaban J connectivity index is 2.98. The number of nitrogens with one attached hydrogen (secondary N) is 2. The number of sulfonamides is 1. The van der Waals surface area contributed by atoms with Crippen LogP contribution >= 0.6 is 0 Å². The Morgan fingerprint density at radius 3 is 2.30 bits per heavy atom. The lowest BCUT2D eigenvalue weighted by Crippen LogP contribution is -2.36. The van der Waals surface area contributed by atoms with Crippen molar-refractivity contribution >= 4 is 15.7 Å². The van der Waals surface area contributed by atoms with Crippen LogP contribution < -0.4 is 10.0 Å². The molecule has 1 rings (SSSR count). The third-order valence-electron chi connectivity index (χ3n) is 3.44. The first-order chi connectivity index (χ1) is 9.38. The maximum atomic E-state index is 12.1. The highest BCUT2D eigenvalue weighted by Crippen LogP contribution is 2.22. The van der Waals surface area contributed by atoms with E-state index >= 15 is 0 Å². The van der Waals surface area contributed by atoms with Crippen LogP contribution in [0.5, 0.6) is 0 Å². The van der Waals surface area contributed by atoms with Gasteiger partial charge in [0.05, 0.1) is 11.3 Å². The third-order valence-corrected chi connectivity index (χ3v) is 5.04. The topological polar surface area (TPSA) is 78.4 Å². The maximum absolute atomic E-state index is 12.1. The highest BCUT2D eigenvalue weighted by Gasteiger charge is 2.23. The Morgan fingerprint density at radius 1 is 1.15 bits per heavy atom. The molecule has 0 heterocycles. The molecule has 0 atom stereocenters. The Labute approximate surface area is 121 Å². The zero-order chi connectivity index (χ0) is 15.2. The second-order valence-corrected chi connectivity index (χ2v) is 6.52. The molecule has 6 heteroatoms. The number of hydrogen-bond donors (Lipinski definition) is 3. The number of anilines is 1. The summed E-state index contributed by atoms with van der Waals surface area (Å²) in [5.41, 5.74) is -0.316. The Morgan fingerprint density at radius 2 is 1.75 bits per heavy atom. The summed E-state index contributed by atoms with van der Waals surface area (Å²) in [7, 11) is -3.52. The van der Waals surface area contributed by atoms with Gasteiger partial charge in [-0.15, -0.1) is 0 Å². The van der Waals surface area contributed by atoms with Crippen LogP contribution in [0.1, 0.15) is 33.6 Å². The zero-order valence-corrected chi connectivity index (χ0v) is 13.1. The maximum Gasteiger partial charge on any atom is 0.242 e. The van der Waals surface area contributed by atoms with E-state index < -0.39 is 15.6 Å². The van der Waals surface area contributed by atoms with E-state index in [2.05, 4.69) is 10.0 Å². The molecule has 0 saturated carbocycles. The van der Waals surface area contributed by atoms with Crippen molar-refractivity contribution in [2.75, 3.05) is 18.4 Å². The van der Waals surface area contributed by atoms with Crippen LogP contribution in [0.2, 0.25) is 0 Å². The summed E-state index contributed by atoms with van der Waals surface area (Å²) < 4.78 is 26.7. The lowest BCUT2D eigenvalue weighted by atomic mass is 9.97. The smallest absolute Gasteiger partial charge is 0.242 e. The standard InChI is InChI=1S/C14H24N2O3S/c1-4-14(17,5-2)11-15-12-9-7-8-10-13(12)20(18,19)16-6-3/h7-10,15-17H,4-6,11H2,1-3H3. The molecule has 1 aromatic carbocycles. The summed E-state index contributed by atoms with van der Waals surface area (Å²) in [6.07, 6.45) is 1.22. The fourth-order valence-corrected chi connectivity index (χ4v) is 3.10. The van der Waals surface area contributed by atoms with Crippen molar-refractivity contribution in [1.82, 2.24) is 4.72 Å². The van der Waals surface area contributed by atoms with E-state index in [9.17, 15) is 13.5 Å². The highest BCUT2D eigenvalue weighted by molar-refractivity contribution is 7.89. The molecule has 0 spiro atoms. The third kappa shape index (κ3) is 4.19. The van der Waals surface area contributed by atoms with E-state index in [0.29, 0.717) is 31.6 Å². The molecule has 0 fully saturated rings. The molecule has 20 heavy (non-hydrogen) atoms. The summed E-state index contributed by atoms with van der Waals surface area (Å²) in [6, 6.07) is 6.71. The molecular weight excluding hydrogens is 276 g/mol. The van der Waals surface area contributed by atoms with Gasteiger partial charge in [0.25, 0.3) is 0 Å². The van der Waals surface area contributed by atoms with Crippen molar-refractivity contribution < 1.29 is 13.5 Å². The van der Waals surface area contributed by atoms with E-state index in [1.807, 2.05) is 13.8 Å². The summed E-state index contributed by atoms with van der Waals surface area (Å²) in [6.45, 7) is 6.21. The first-order valence-corrected chi connectivity index (χ1v) is 8.41. The van der Waals surface area contributed by atoms with Gasteiger partial charge in [0.15, 0.2) is 0 Å². The minimum Gasteiger partial charge on any atom is -0.388 e. The normalized spacial score (nSPS) is 12.4. The van der Waals surface area contributed by atoms with Gasteiger partial charge in [-0.2, -0.15) is 0 Å². The second-order valence-electron chi connectivity index (χ2n) is 4.78. The SMILES string of the molecule is CCNS(=O)(=O)c1ccccc1NCC(O)(CC)CC. The van der Waals surface area contributed by atoms with Gasteiger partial charge < -0.3 is 10.4 Å². The average Bonchev–Trinajstić information content (AvgIpc) is 2.45. The quantitative estimate of drug-likeness (QED) is 0.685. The van der Waals surface area contributed by atoms with Crippen LogP contribution in [0.4, 0.5) is 5.69 Å². The van der Waals surface area contributed by atoms with Gasteiger partial charge in [0.2, 0.25) is 10.0 Å². The molecule has 0 bridgehead atoms. The van der Waals surface area contributed by atoms with Gasteiger partial charge >= 0.3 is 0 Å². The Kier molecular flexibility index (Phi) is 5.98. The van der Waals surface area contributed by atoms with Gasteiger partial charge in [0, 0.05) is 13.1 Å². The monoisotopic (exact) mass is 300 g/mol. The summed E-state index contributed by atoms with van der Waals surface area (Å²) in [4.78, 5) is 0.205. The molecule has 0 saturated heterocycles. The lowest BCUT2D eigenvalue weighted by molar-refractivity contribution is 0.0456. The van der Waals surface area contributed by atoms with Gasteiger partial charge in [-0.25, -0.2) is 13.1 Å². The highest BCUT2D eigenvalue weighted by atomic mass is 32.2. The van der Waals surface area contributed by atoms with Crippen LogP contribution in [0.15, 0.2) is 29.2 Å². The molecule has 114 valence electrons. The van der Waals surface area contributed by atoms with E-state index in [1.165, 1.54) is 0 Å². The average molecular weight is 300 g/mol. The number of rotatable bonds is 8. The number of hydrogen-bond acceptors (Lipinski definition) is 4. The fourth-order valence-electron chi connectivity index (χ4n) is 1.87. The van der Waals surface area contributed by atoms with Crippen LogP contribution in [0.25, 0.3) is 0 Å². The molecule has 0 amide bonds. The number of benzene rings is 1. The predicted octanol–water partition coefficient (Wildman–Crippen LogP) is 1.95. The van der Waals surface area contributed by atoms with E-state index in [4.69, 9.17) is 0 Å². The molecule has 5 nitrogen and oxygen atoms in total. The molecular formula is C14H24N2O3S. The van der Waals surface area contributed by atoms with Gasteiger partial charge in [-0.3, -0.25) is 0 Å². The van der Waals surface area contributed by atoms with Crippen molar-refractivity contribution in [3.63, 3.8) is 0 Å². The van der Waals surface area contributed by atoms with Crippen LogP contribution in [-0.4, -0.2) is 32.2 Å². The zero-order valence-electron chi connectivity index (χ0n) is 12.3. The summed E-state index contributed by atoms with van der Waals surface area (Å²) in [5.74, 6) is 0. The lowest BCUT2D eigenvalue weighted by Gasteiger charge is -2.26. The molecule has 0 unspecified atom stereocenters. The predicted molar refractivity (Wildman–Crippen MR) is 81.3 cm³/mol. The van der Waals surface area contributed by atoms with Crippen molar-refractivity contribution in [3.8, 4) is 0 Å². The van der Waals surface area contributed by atoms with E-state index in [1.54, 1.807) is 31.2 Å². The van der Waals surface area contributed by atoms with Gasteiger partial charge in [0.1, 0.15) is 4.90 Å². The molecule has 0 aromatic heterocycles. The minimum atomic E-state index is -3.52. The van der Waals surface area contributed by atoms with Gasteiger partial charge in [-0.1, -0.05) is 32.9 Å². The largest absolute Gasteiger partial charge is 0.388 e. The summed E-state index contributed by atoms with van der Waals surface area (Å²) in [5, 5.41) is 13.3. The Hall–Kier alpha value is -1.11. The molecule has 0 aliphatic rings. The van der Waals surface area contributed by atoms with Crippen molar-refractivity contribution in [1.29, 1.82) is 0 Å². The van der Waals surface area contributed by atoms with Crippen LogP contribution in [0, 0.1) is 0 Å². The second kappa shape index (κ2) is 7.06. The molecule has 0 aliphatic heterocycles. The minimum absolute atomic E-state index is 0.205. The van der Waals surface area contributed by atoms with E-state index in [-0.39, 0.29) is 4.90 Å².